The second-order valence-corrected chi connectivity index (χ2v) is 6.35. The topological polar surface area (TPSA) is 50.5 Å². The molecule has 1 aliphatic carbocycles. The number of hydrogen-bond acceptors (Lipinski definition) is 4. The molecule has 1 aliphatic heterocycles. The van der Waals surface area contributed by atoms with E-state index >= 15 is 0 Å². The van der Waals surface area contributed by atoms with Gasteiger partial charge in [0, 0.05) is 25.7 Å². The van der Waals surface area contributed by atoms with Crippen molar-refractivity contribution in [3.8, 4) is 6.07 Å². The standard InChI is InChI=1S/C16H29N3O/c1-2-14-4-5-15(13-17)16(12-14)19-7-3-6-18(8-9-19)10-11-20/h14-16,20H,2-12H2,1H3. The monoisotopic (exact) mass is 279 g/mol. The van der Waals surface area contributed by atoms with Crippen molar-refractivity contribution in [2.24, 2.45) is 11.8 Å². The predicted molar refractivity (Wildman–Crippen MR) is 80.2 cm³/mol. The van der Waals surface area contributed by atoms with E-state index in [0.29, 0.717) is 6.04 Å². The highest BCUT2D eigenvalue weighted by Gasteiger charge is 2.34. The van der Waals surface area contributed by atoms with Crippen molar-refractivity contribution in [3.05, 3.63) is 0 Å². The molecule has 4 heteroatoms. The lowest BCUT2D eigenvalue weighted by Crippen LogP contribution is -2.45. The summed E-state index contributed by atoms with van der Waals surface area (Å²) in [6.07, 6.45) is 5.92. The minimum Gasteiger partial charge on any atom is -0.395 e. The van der Waals surface area contributed by atoms with Crippen LogP contribution in [0.3, 0.4) is 0 Å². The molecule has 0 aromatic heterocycles. The molecule has 0 radical (unpaired) electrons. The quantitative estimate of drug-likeness (QED) is 0.851. The van der Waals surface area contributed by atoms with Crippen molar-refractivity contribution in [2.45, 2.75) is 45.1 Å². The first-order valence-electron chi connectivity index (χ1n) is 8.25. The van der Waals surface area contributed by atoms with E-state index in [9.17, 15) is 5.26 Å². The molecule has 4 nitrogen and oxygen atoms in total. The summed E-state index contributed by atoms with van der Waals surface area (Å²) in [7, 11) is 0. The Hall–Kier alpha value is -0.630. The van der Waals surface area contributed by atoms with E-state index in [-0.39, 0.29) is 12.5 Å². The van der Waals surface area contributed by atoms with Gasteiger partial charge in [0.15, 0.2) is 0 Å². The Kier molecular flexibility index (Phi) is 6.28. The number of aliphatic hydroxyl groups is 1. The van der Waals surface area contributed by atoms with E-state index < -0.39 is 0 Å². The minimum atomic E-state index is 0.224. The summed E-state index contributed by atoms with van der Waals surface area (Å²) in [6, 6.07) is 3.02. The Balaban J connectivity index is 1.95. The summed E-state index contributed by atoms with van der Waals surface area (Å²) in [6.45, 7) is 7.60. The van der Waals surface area contributed by atoms with Gasteiger partial charge < -0.3 is 5.11 Å². The molecular formula is C16H29N3O. The Labute approximate surface area is 123 Å². The van der Waals surface area contributed by atoms with Gasteiger partial charge in [-0.15, -0.1) is 0 Å². The molecule has 1 N–H and O–H groups in total. The van der Waals surface area contributed by atoms with Crippen molar-refractivity contribution in [1.29, 1.82) is 5.26 Å². The zero-order chi connectivity index (χ0) is 14.4. The molecule has 2 fully saturated rings. The van der Waals surface area contributed by atoms with E-state index in [2.05, 4.69) is 22.8 Å². The van der Waals surface area contributed by atoms with Crippen LogP contribution in [0.5, 0.6) is 0 Å². The Morgan fingerprint density at radius 1 is 1.20 bits per heavy atom. The summed E-state index contributed by atoms with van der Waals surface area (Å²) in [5, 5.41) is 18.5. The van der Waals surface area contributed by atoms with Crippen LogP contribution in [-0.2, 0) is 0 Å². The lowest BCUT2D eigenvalue weighted by atomic mass is 9.77. The summed E-state index contributed by atoms with van der Waals surface area (Å²) in [5.74, 6) is 1.03. The number of rotatable bonds is 4. The first-order chi connectivity index (χ1) is 9.78. The Morgan fingerprint density at radius 2 is 2.05 bits per heavy atom. The number of nitriles is 1. The van der Waals surface area contributed by atoms with E-state index in [0.717, 1.165) is 51.5 Å². The molecule has 1 saturated carbocycles. The van der Waals surface area contributed by atoms with Gasteiger partial charge in [0.2, 0.25) is 0 Å². The van der Waals surface area contributed by atoms with Crippen LogP contribution < -0.4 is 0 Å². The zero-order valence-electron chi connectivity index (χ0n) is 12.8. The first kappa shape index (κ1) is 15.8. The molecule has 0 aromatic carbocycles. The number of aliphatic hydroxyl groups excluding tert-OH is 1. The fourth-order valence-corrected chi connectivity index (χ4v) is 3.84. The number of nitrogens with zero attached hydrogens (tertiary/aromatic N) is 3. The first-order valence-corrected chi connectivity index (χ1v) is 8.25. The summed E-state index contributed by atoms with van der Waals surface area (Å²) >= 11 is 0. The molecule has 2 aliphatic rings. The largest absolute Gasteiger partial charge is 0.395 e. The predicted octanol–water partition coefficient (Wildman–Crippen LogP) is 1.70. The number of hydrogen-bond donors (Lipinski definition) is 1. The van der Waals surface area contributed by atoms with Crippen LogP contribution in [-0.4, -0.2) is 60.3 Å². The molecule has 3 unspecified atom stereocenters. The average molecular weight is 279 g/mol. The summed E-state index contributed by atoms with van der Waals surface area (Å²) in [5.41, 5.74) is 0. The van der Waals surface area contributed by atoms with E-state index in [1.165, 1.54) is 19.3 Å². The molecule has 0 amide bonds. The maximum Gasteiger partial charge on any atom is 0.0672 e. The summed E-state index contributed by atoms with van der Waals surface area (Å²) in [4.78, 5) is 4.91. The van der Waals surface area contributed by atoms with Crippen LogP contribution in [0, 0.1) is 23.2 Å². The minimum absolute atomic E-state index is 0.224. The molecule has 3 atom stereocenters. The van der Waals surface area contributed by atoms with Crippen LogP contribution in [0.25, 0.3) is 0 Å². The van der Waals surface area contributed by atoms with Crippen LogP contribution >= 0.6 is 0 Å². The molecular weight excluding hydrogens is 250 g/mol. The van der Waals surface area contributed by atoms with E-state index in [4.69, 9.17) is 5.11 Å². The van der Waals surface area contributed by atoms with Crippen molar-refractivity contribution < 1.29 is 5.11 Å². The fourth-order valence-electron chi connectivity index (χ4n) is 3.84. The highest BCUT2D eigenvalue weighted by Crippen LogP contribution is 2.34. The van der Waals surface area contributed by atoms with E-state index in [1.807, 2.05) is 0 Å². The third-order valence-electron chi connectivity index (χ3n) is 5.18. The van der Waals surface area contributed by atoms with Crippen molar-refractivity contribution >= 4 is 0 Å². The van der Waals surface area contributed by atoms with Crippen molar-refractivity contribution in [1.82, 2.24) is 9.80 Å². The summed E-state index contributed by atoms with van der Waals surface area (Å²) < 4.78 is 0. The molecule has 1 heterocycles. The number of β-amino-alcohol motifs (C(OH)–C–C–N with tert-alkyl or cyclic N) is 1. The Morgan fingerprint density at radius 3 is 2.75 bits per heavy atom. The SMILES string of the molecule is CCC1CCC(C#N)C(N2CCCN(CCO)CC2)C1. The van der Waals surface area contributed by atoms with Gasteiger partial charge in [-0.3, -0.25) is 9.80 Å². The van der Waals surface area contributed by atoms with Gasteiger partial charge in [-0.25, -0.2) is 0 Å². The lowest BCUT2D eigenvalue weighted by molar-refractivity contribution is 0.101. The van der Waals surface area contributed by atoms with Gasteiger partial charge in [0.1, 0.15) is 0 Å². The van der Waals surface area contributed by atoms with Gasteiger partial charge in [-0.05, 0) is 44.7 Å². The molecule has 1 saturated heterocycles. The molecule has 0 bridgehead atoms. The smallest absolute Gasteiger partial charge is 0.0672 e. The molecule has 20 heavy (non-hydrogen) atoms. The second kappa shape index (κ2) is 7.97. The lowest BCUT2D eigenvalue weighted by Gasteiger charge is -2.39. The molecule has 0 spiro atoms. The van der Waals surface area contributed by atoms with Gasteiger partial charge in [-0.1, -0.05) is 13.3 Å². The maximum atomic E-state index is 9.44. The van der Waals surface area contributed by atoms with Gasteiger partial charge >= 0.3 is 0 Å². The fraction of sp³-hybridized carbons (Fsp3) is 0.938. The van der Waals surface area contributed by atoms with E-state index in [1.54, 1.807) is 0 Å². The maximum absolute atomic E-state index is 9.44. The van der Waals surface area contributed by atoms with Crippen molar-refractivity contribution in [2.75, 3.05) is 39.3 Å². The molecule has 0 aromatic rings. The van der Waals surface area contributed by atoms with Gasteiger partial charge in [-0.2, -0.15) is 5.26 Å². The third kappa shape index (κ3) is 3.94. The zero-order valence-corrected chi connectivity index (χ0v) is 12.8. The van der Waals surface area contributed by atoms with Crippen LogP contribution in [0.1, 0.15) is 39.0 Å². The highest BCUT2D eigenvalue weighted by molar-refractivity contribution is 4.98. The molecule has 114 valence electrons. The Bertz CT molecular complexity index is 328. The molecule has 2 rings (SSSR count). The van der Waals surface area contributed by atoms with Gasteiger partial charge in [0.25, 0.3) is 0 Å². The second-order valence-electron chi connectivity index (χ2n) is 6.35. The highest BCUT2D eigenvalue weighted by atomic mass is 16.3. The van der Waals surface area contributed by atoms with Crippen molar-refractivity contribution in [3.63, 3.8) is 0 Å². The van der Waals surface area contributed by atoms with Crippen LogP contribution in [0.2, 0.25) is 0 Å². The van der Waals surface area contributed by atoms with Crippen LogP contribution in [0.15, 0.2) is 0 Å². The third-order valence-corrected chi connectivity index (χ3v) is 5.18. The van der Waals surface area contributed by atoms with Gasteiger partial charge in [0.05, 0.1) is 18.6 Å². The van der Waals surface area contributed by atoms with Crippen LogP contribution in [0.4, 0.5) is 0 Å². The average Bonchev–Trinajstić information content (AvgIpc) is 2.72. The normalized spacial score (nSPS) is 33.5.